The predicted octanol–water partition coefficient (Wildman–Crippen LogP) is -1.03. The molecule has 1 heterocycles. The molecular formula is C10H18N4O2. The first-order valence-corrected chi connectivity index (χ1v) is 5.31. The van der Waals surface area contributed by atoms with Gasteiger partial charge in [0.25, 0.3) is 0 Å². The summed E-state index contributed by atoms with van der Waals surface area (Å²) < 4.78 is 1.57. The number of nitrogens with zero attached hydrogens (tertiary/aromatic N) is 2. The van der Waals surface area contributed by atoms with E-state index in [4.69, 9.17) is 5.11 Å². The fourth-order valence-electron chi connectivity index (χ4n) is 1.20. The van der Waals surface area contributed by atoms with Crippen LogP contribution in [0.3, 0.4) is 0 Å². The third kappa shape index (κ3) is 5.47. The number of carbonyl (C=O) groups excluding carboxylic acids is 1. The van der Waals surface area contributed by atoms with E-state index in [1.807, 2.05) is 0 Å². The fraction of sp³-hybridized carbons (Fsp3) is 0.600. The molecule has 1 aromatic heterocycles. The van der Waals surface area contributed by atoms with E-state index in [9.17, 15) is 4.79 Å². The molecule has 1 amide bonds. The molecule has 0 saturated carbocycles. The number of rotatable bonds is 7. The lowest BCUT2D eigenvalue weighted by molar-refractivity contribution is -0.121. The molecule has 0 aliphatic heterocycles. The van der Waals surface area contributed by atoms with Crippen molar-refractivity contribution in [3.63, 3.8) is 0 Å². The molecule has 3 N–H and O–H groups in total. The van der Waals surface area contributed by atoms with Crippen molar-refractivity contribution >= 4 is 5.91 Å². The summed E-state index contributed by atoms with van der Waals surface area (Å²) in [4.78, 5) is 11.4. The Hall–Kier alpha value is -1.40. The molecule has 0 aliphatic carbocycles. The van der Waals surface area contributed by atoms with E-state index in [1.54, 1.807) is 30.1 Å². The Balaban J connectivity index is 2.03. The van der Waals surface area contributed by atoms with Crippen molar-refractivity contribution in [2.75, 3.05) is 19.6 Å². The quantitative estimate of drug-likeness (QED) is 0.519. The Kier molecular flexibility index (Phi) is 5.52. The first-order valence-electron chi connectivity index (χ1n) is 5.31. The van der Waals surface area contributed by atoms with Crippen LogP contribution in [0.25, 0.3) is 0 Å². The summed E-state index contributed by atoms with van der Waals surface area (Å²) in [5, 5.41) is 18.7. The van der Waals surface area contributed by atoms with Crippen molar-refractivity contribution < 1.29 is 9.90 Å². The number of aromatic nitrogens is 2. The van der Waals surface area contributed by atoms with Crippen molar-refractivity contribution in [1.82, 2.24) is 20.4 Å². The molecule has 16 heavy (non-hydrogen) atoms. The van der Waals surface area contributed by atoms with Crippen LogP contribution in [0.2, 0.25) is 0 Å². The van der Waals surface area contributed by atoms with Gasteiger partial charge < -0.3 is 15.7 Å². The van der Waals surface area contributed by atoms with E-state index in [2.05, 4.69) is 15.7 Å². The lowest BCUT2D eigenvalue weighted by atomic mass is 10.4. The third-order valence-electron chi connectivity index (χ3n) is 1.93. The molecule has 0 saturated heterocycles. The van der Waals surface area contributed by atoms with Gasteiger partial charge in [-0.3, -0.25) is 9.48 Å². The number of hydrogen-bond donors (Lipinski definition) is 3. The van der Waals surface area contributed by atoms with E-state index in [0.29, 0.717) is 19.6 Å². The SMILES string of the molecule is CC(O)CNCCNC(=O)Cn1cccn1. The summed E-state index contributed by atoms with van der Waals surface area (Å²) in [6, 6.07) is 1.78. The van der Waals surface area contributed by atoms with Gasteiger partial charge in [-0.25, -0.2) is 0 Å². The minimum Gasteiger partial charge on any atom is -0.392 e. The first kappa shape index (κ1) is 12.7. The van der Waals surface area contributed by atoms with E-state index in [-0.39, 0.29) is 18.6 Å². The van der Waals surface area contributed by atoms with Gasteiger partial charge in [-0.2, -0.15) is 5.10 Å². The highest BCUT2D eigenvalue weighted by Crippen LogP contribution is 1.83. The Labute approximate surface area is 94.6 Å². The van der Waals surface area contributed by atoms with E-state index >= 15 is 0 Å². The number of aliphatic hydroxyl groups excluding tert-OH is 1. The zero-order chi connectivity index (χ0) is 11.8. The molecule has 0 bridgehead atoms. The second-order valence-electron chi connectivity index (χ2n) is 3.61. The van der Waals surface area contributed by atoms with Crippen LogP contribution < -0.4 is 10.6 Å². The second-order valence-corrected chi connectivity index (χ2v) is 3.61. The highest BCUT2D eigenvalue weighted by Gasteiger charge is 2.01. The summed E-state index contributed by atoms with van der Waals surface area (Å²) in [6.45, 7) is 3.68. The molecule has 0 aliphatic rings. The molecule has 0 radical (unpaired) electrons. The van der Waals surface area contributed by atoms with Crippen LogP contribution in [-0.2, 0) is 11.3 Å². The monoisotopic (exact) mass is 226 g/mol. The van der Waals surface area contributed by atoms with Crippen molar-refractivity contribution in [3.8, 4) is 0 Å². The maximum absolute atomic E-state index is 11.4. The fourth-order valence-corrected chi connectivity index (χ4v) is 1.20. The van der Waals surface area contributed by atoms with Crippen LogP contribution in [0.15, 0.2) is 18.5 Å². The van der Waals surface area contributed by atoms with Crippen molar-refractivity contribution in [3.05, 3.63) is 18.5 Å². The van der Waals surface area contributed by atoms with Crippen LogP contribution in [0.1, 0.15) is 6.92 Å². The first-order chi connectivity index (χ1) is 7.68. The summed E-state index contributed by atoms with van der Waals surface area (Å²) in [7, 11) is 0. The van der Waals surface area contributed by atoms with Gasteiger partial charge in [0.2, 0.25) is 5.91 Å². The molecule has 0 fully saturated rings. The second kappa shape index (κ2) is 6.97. The van der Waals surface area contributed by atoms with Gasteiger partial charge >= 0.3 is 0 Å². The largest absolute Gasteiger partial charge is 0.392 e. The average Bonchev–Trinajstić information content (AvgIpc) is 2.69. The van der Waals surface area contributed by atoms with Crippen LogP contribution in [0.5, 0.6) is 0 Å². The third-order valence-corrected chi connectivity index (χ3v) is 1.93. The molecular weight excluding hydrogens is 208 g/mol. The number of hydrogen-bond acceptors (Lipinski definition) is 4. The van der Waals surface area contributed by atoms with Crippen LogP contribution in [0.4, 0.5) is 0 Å². The minimum atomic E-state index is -0.361. The van der Waals surface area contributed by atoms with Crippen LogP contribution in [-0.4, -0.2) is 46.5 Å². The lowest BCUT2D eigenvalue weighted by Gasteiger charge is -2.08. The molecule has 90 valence electrons. The number of nitrogens with one attached hydrogen (secondary N) is 2. The molecule has 1 rings (SSSR count). The summed E-state index contributed by atoms with van der Waals surface area (Å²) in [5.41, 5.74) is 0. The van der Waals surface area contributed by atoms with Gasteiger partial charge in [0.1, 0.15) is 6.54 Å². The number of aliphatic hydroxyl groups is 1. The Bertz CT molecular complexity index is 298. The highest BCUT2D eigenvalue weighted by molar-refractivity contribution is 5.75. The van der Waals surface area contributed by atoms with Gasteiger partial charge in [0.05, 0.1) is 6.10 Å². The van der Waals surface area contributed by atoms with Crippen molar-refractivity contribution in [2.45, 2.75) is 19.6 Å². The highest BCUT2D eigenvalue weighted by atomic mass is 16.3. The number of carbonyl (C=O) groups is 1. The van der Waals surface area contributed by atoms with E-state index in [1.165, 1.54) is 0 Å². The Morgan fingerprint density at radius 1 is 1.56 bits per heavy atom. The molecule has 0 aromatic carbocycles. The van der Waals surface area contributed by atoms with Crippen molar-refractivity contribution in [1.29, 1.82) is 0 Å². The molecule has 0 spiro atoms. The summed E-state index contributed by atoms with van der Waals surface area (Å²) in [5.74, 6) is -0.0671. The van der Waals surface area contributed by atoms with Gasteiger partial charge in [-0.1, -0.05) is 0 Å². The summed E-state index contributed by atoms with van der Waals surface area (Å²) in [6.07, 6.45) is 3.02. The maximum atomic E-state index is 11.4. The summed E-state index contributed by atoms with van der Waals surface area (Å²) >= 11 is 0. The molecule has 6 nitrogen and oxygen atoms in total. The molecule has 6 heteroatoms. The van der Waals surface area contributed by atoms with Crippen LogP contribution >= 0.6 is 0 Å². The average molecular weight is 226 g/mol. The van der Waals surface area contributed by atoms with Gasteiger partial charge in [-0.15, -0.1) is 0 Å². The molecule has 1 atom stereocenters. The van der Waals surface area contributed by atoms with Crippen LogP contribution in [0, 0.1) is 0 Å². The van der Waals surface area contributed by atoms with E-state index in [0.717, 1.165) is 0 Å². The Morgan fingerprint density at radius 2 is 2.38 bits per heavy atom. The van der Waals surface area contributed by atoms with Gasteiger partial charge in [0, 0.05) is 32.0 Å². The minimum absolute atomic E-state index is 0.0671. The Morgan fingerprint density at radius 3 is 3.00 bits per heavy atom. The topological polar surface area (TPSA) is 79.2 Å². The molecule has 1 aromatic rings. The van der Waals surface area contributed by atoms with Gasteiger partial charge in [-0.05, 0) is 13.0 Å². The predicted molar refractivity (Wildman–Crippen MR) is 59.8 cm³/mol. The van der Waals surface area contributed by atoms with Gasteiger partial charge in [0.15, 0.2) is 0 Å². The number of amides is 1. The normalized spacial score (nSPS) is 12.4. The van der Waals surface area contributed by atoms with Crippen molar-refractivity contribution in [2.24, 2.45) is 0 Å². The zero-order valence-corrected chi connectivity index (χ0v) is 9.39. The maximum Gasteiger partial charge on any atom is 0.241 e. The zero-order valence-electron chi connectivity index (χ0n) is 9.39. The standard InChI is InChI=1S/C10H18N4O2/c1-9(15)7-11-4-5-12-10(16)8-14-6-2-3-13-14/h2-3,6,9,11,15H,4-5,7-8H2,1H3,(H,12,16). The molecule has 1 unspecified atom stereocenters. The van der Waals surface area contributed by atoms with E-state index < -0.39 is 0 Å². The smallest absolute Gasteiger partial charge is 0.241 e. The lowest BCUT2D eigenvalue weighted by Crippen LogP contribution is -2.36.